The average molecular weight is 617 g/mol. The summed E-state index contributed by atoms with van der Waals surface area (Å²) in [6, 6.07) is 4.14. The molecule has 2 fully saturated rings. The zero-order valence-electron chi connectivity index (χ0n) is 20.5. The van der Waals surface area contributed by atoms with E-state index in [1.165, 1.54) is 0 Å². The van der Waals surface area contributed by atoms with Gasteiger partial charge in [0.2, 0.25) is 11.8 Å². The van der Waals surface area contributed by atoms with Crippen molar-refractivity contribution in [3.8, 4) is 5.75 Å². The van der Waals surface area contributed by atoms with E-state index in [1.807, 2.05) is 28.9 Å². The average Bonchev–Trinajstić information content (AvgIpc) is 2.85. The molecule has 0 radical (unpaired) electrons. The van der Waals surface area contributed by atoms with Crippen LogP contribution in [0.15, 0.2) is 21.1 Å². The molecular formula is C25H35Br2N3O5. The predicted octanol–water partition coefficient (Wildman–Crippen LogP) is 3.57. The Bertz CT molecular complexity index is 889. The highest BCUT2D eigenvalue weighted by molar-refractivity contribution is 9.11. The largest absolute Gasteiger partial charge is 0.506 e. The van der Waals surface area contributed by atoms with E-state index in [4.69, 9.17) is 4.74 Å². The van der Waals surface area contributed by atoms with Crippen LogP contribution in [-0.2, 0) is 25.5 Å². The molecule has 2 aliphatic heterocycles. The minimum Gasteiger partial charge on any atom is -0.506 e. The number of aromatic hydroxyl groups is 1. The first-order valence-corrected chi connectivity index (χ1v) is 13.9. The Morgan fingerprint density at radius 2 is 1.60 bits per heavy atom. The van der Waals surface area contributed by atoms with Crippen LogP contribution in [0.3, 0.4) is 0 Å². The minimum absolute atomic E-state index is 0.0137. The molecule has 0 saturated carbocycles. The number of phenols is 1. The molecule has 194 valence electrons. The van der Waals surface area contributed by atoms with Crippen molar-refractivity contribution in [3.63, 3.8) is 0 Å². The molecular weight excluding hydrogens is 582 g/mol. The summed E-state index contributed by atoms with van der Waals surface area (Å²) < 4.78 is 6.13. The van der Waals surface area contributed by atoms with Gasteiger partial charge in [0.25, 0.3) is 0 Å². The number of halogens is 2. The Kier molecular flexibility index (Phi) is 10.4. The van der Waals surface area contributed by atoms with E-state index in [0.717, 1.165) is 44.6 Å². The van der Waals surface area contributed by atoms with Gasteiger partial charge in [-0.1, -0.05) is 6.92 Å². The van der Waals surface area contributed by atoms with Crippen LogP contribution in [-0.4, -0.2) is 89.5 Å². The fourth-order valence-corrected chi connectivity index (χ4v) is 6.16. The normalized spacial score (nSPS) is 18.4. The number of piperidine rings is 1. The van der Waals surface area contributed by atoms with Gasteiger partial charge in [-0.3, -0.25) is 19.3 Å². The number of esters is 1. The molecule has 3 rings (SSSR count). The first-order valence-electron chi connectivity index (χ1n) is 12.3. The topological polar surface area (TPSA) is 90.4 Å². The second-order valence-electron chi connectivity index (χ2n) is 9.29. The lowest BCUT2D eigenvalue weighted by Gasteiger charge is -2.43. The molecule has 35 heavy (non-hydrogen) atoms. The number of hydrogen-bond acceptors (Lipinski definition) is 6. The molecule has 2 heterocycles. The van der Waals surface area contributed by atoms with Crippen LogP contribution in [0, 0.1) is 5.92 Å². The van der Waals surface area contributed by atoms with Gasteiger partial charge >= 0.3 is 5.97 Å². The van der Waals surface area contributed by atoms with Gasteiger partial charge in [0.1, 0.15) is 5.75 Å². The molecule has 2 aliphatic rings. The molecule has 1 aromatic carbocycles. The second kappa shape index (κ2) is 13.1. The van der Waals surface area contributed by atoms with Gasteiger partial charge in [0.15, 0.2) is 0 Å². The van der Waals surface area contributed by atoms with Gasteiger partial charge in [-0.05, 0) is 75.7 Å². The highest BCUT2D eigenvalue weighted by Gasteiger charge is 2.31. The first-order chi connectivity index (χ1) is 16.7. The van der Waals surface area contributed by atoms with Crippen LogP contribution in [0.25, 0.3) is 0 Å². The quantitative estimate of drug-likeness (QED) is 0.449. The Labute approximate surface area is 224 Å². The van der Waals surface area contributed by atoms with Gasteiger partial charge in [-0.25, -0.2) is 0 Å². The molecule has 10 heteroatoms. The lowest BCUT2D eigenvalue weighted by Crippen LogP contribution is -2.55. The van der Waals surface area contributed by atoms with E-state index in [-0.39, 0.29) is 42.3 Å². The summed E-state index contributed by atoms with van der Waals surface area (Å²) in [4.78, 5) is 43.2. The minimum atomic E-state index is -0.320. The third kappa shape index (κ3) is 7.67. The summed E-state index contributed by atoms with van der Waals surface area (Å²) in [5, 5.41) is 9.90. The van der Waals surface area contributed by atoms with E-state index < -0.39 is 0 Å². The van der Waals surface area contributed by atoms with Crippen molar-refractivity contribution in [1.29, 1.82) is 0 Å². The maximum absolute atomic E-state index is 13.1. The standard InChI is InChI=1S/C25H35Br2N3O5/c1-3-35-23(32)5-4-22(31)29-12-10-28(11-13-29)19-6-8-30(9-7-19)25(34)17(2)14-18-15-20(26)24(33)21(27)16-18/h15-17,19,33H,3-14H2,1-2H3/t17-/m1/s1. The van der Waals surface area contributed by atoms with E-state index >= 15 is 0 Å². The van der Waals surface area contributed by atoms with Crippen molar-refractivity contribution in [3.05, 3.63) is 26.6 Å². The number of carbonyl (C=O) groups excluding carboxylic acids is 3. The van der Waals surface area contributed by atoms with Crippen LogP contribution < -0.4 is 0 Å². The monoisotopic (exact) mass is 615 g/mol. The fourth-order valence-electron chi connectivity index (χ4n) is 4.88. The molecule has 1 aromatic rings. The van der Waals surface area contributed by atoms with Crippen molar-refractivity contribution in [1.82, 2.24) is 14.7 Å². The number of nitrogens with zero attached hydrogens (tertiary/aromatic N) is 3. The Morgan fingerprint density at radius 1 is 1.00 bits per heavy atom. The highest BCUT2D eigenvalue weighted by Crippen LogP contribution is 2.34. The maximum atomic E-state index is 13.1. The Balaban J connectivity index is 1.41. The van der Waals surface area contributed by atoms with Crippen molar-refractivity contribution in [2.75, 3.05) is 45.9 Å². The van der Waals surface area contributed by atoms with Crippen LogP contribution >= 0.6 is 31.9 Å². The van der Waals surface area contributed by atoms with Gasteiger partial charge in [0, 0.05) is 57.6 Å². The fraction of sp³-hybridized carbons (Fsp3) is 0.640. The van der Waals surface area contributed by atoms with E-state index in [0.29, 0.717) is 41.1 Å². The summed E-state index contributed by atoms with van der Waals surface area (Å²) in [5.74, 6) is -0.116. The van der Waals surface area contributed by atoms with Crippen LogP contribution in [0.4, 0.5) is 0 Å². The van der Waals surface area contributed by atoms with Crippen molar-refractivity contribution in [2.24, 2.45) is 5.92 Å². The zero-order valence-corrected chi connectivity index (χ0v) is 23.6. The van der Waals surface area contributed by atoms with Gasteiger partial charge in [-0.2, -0.15) is 0 Å². The third-order valence-electron chi connectivity index (χ3n) is 6.85. The summed E-state index contributed by atoms with van der Waals surface area (Å²) in [7, 11) is 0. The number of benzene rings is 1. The SMILES string of the molecule is CCOC(=O)CCC(=O)N1CCN(C2CCN(C(=O)[C@H](C)Cc3cc(Br)c(O)c(Br)c3)CC2)CC1. The van der Waals surface area contributed by atoms with Gasteiger partial charge in [-0.15, -0.1) is 0 Å². The highest BCUT2D eigenvalue weighted by atomic mass is 79.9. The lowest BCUT2D eigenvalue weighted by molar-refractivity contribution is -0.146. The van der Waals surface area contributed by atoms with Crippen molar-refractivity contribution < 1.29 is 24.2 Å². The Hall–Kier alpha value is -1.65. The van der Waals surface area contributed by atoms with E-state index in [1.54, 1.807) is 6.92 Å². The molecule has 2 saturated heterocycles. The zero-order chi connectivity index (χ0) is 25.5. The molecule has 0 aromatic heterocycles. The van der Waals surface area contributed by atoms with E-state index in [9.17, 15) is 19.5 Å². The number of rotatable bonds is 8. The molecule has 0 bridgehead atoms. The Morgan fingerprint density at radius 3 is 2.17 bits per heavy atom. The van der Waals surface area contributed by atoms with Gasteiger partial charge in [0.05, 0.1) is 22.0 Å². The number of carbonyl (C=O) groups is 3. The van der Waals surface area contributed by atoms with Crippen LogP contribution in [0.5, 0.6) is 5.75 Å². The van der Waals surface area contributed by atoms with E-state index in [2.05, 4.69) is 36.8 Å². The summed E-state index contributed by atoms with van der Waals surface area (Å²) in [6.07, 6.45) is 2.83. The lowest BCUT2D eigenvalue weighted by atomic mass is 9.97. The summed E-state index contributed by atoms with van der Waals surface area (Å²) in [5.41, 5.74) is 0.993. The molecule has 1 N–H and O–H groups in total. The molecule has 0 unspecified atom stereocenters. The number of hydrogen-bond donors (Lipinski definition) is 1. The first kappa shape index (κ1) is 27.9. The smallest absolute Gasteiger partial charge is 0.306 e. The molecule has 8 nitrogen and oxygen atoms in total. The number of amides is 2. The van der Waals surface area contributed by atoms with Crippen molar-refractivity contribution in [2.45, 2.75) is 52.0 Å². The third-order valence-corrected chi connectivity index (χ3v) is 8.06. The maximum Gasteiger partial charge on any atom is 0.306 e. The summed E-state index contributed by atoms with van der Waals surface area (Å²) >= 11 is 6.71. The number of likely N-dealkylation sites (tertiary alicyclic amines) is 1. The molecule has 2 amide bonds. The number of ether oxygens (including phenoxy) is 1. The summed E-state index contributed by atoms with van der Waals surface area (Å²) in [6.45, 7) is 8.55. The second-order valence-corrected chi connectivity index (χ2v) is 11.0. The molecule has 0 spiro atoms. The number of phenolic OH excluding ortho intramolecular Hbond substituents is 1. The predicted molar refractivity (Wildman–Crippen MR) is 140 cm³/mol. The number of piperazine rings is 1. The van der Waals surface area contributed by atoms with Gasteiger partial charge < -0.3 is 19.6 Å². The molecule has 0 aliphatic carbocycles. The van der Waals surface area contributed by atoms with Crippen LogP contribution in [0.1, 0.15) is 45.1 Å². The molecule has 1 atom stereocenters. The van der Waals surface area contributed by atoms with Crippen LogP contribution in [0.2, 0.25) is 0 Å². The van der Waals surface area contributed by atoms with Crippen molar-refractivity contribution >= 4 is 49.6 Å².